The van der Waals surface area contributed by atoms with Crippen LogP contribution in [0.3, 0.4) is 0 Å². The summed E-state index contributed by atoms with van der Waals surface area (Å²) in [5.74, 6) is 0.973. The molecule has 0 aromatic carbocycles. The van der Waals surface area contributed by atoms with Gasteiger partial charge in [0.1, 0.15) is 0 Å². The quantitative estimate of drug-likeness (QED) is 0.605. The fourth-order valence-electron chi connectivity index (χ4n) is 2.77. The summed E-state index contributed by atoms with van der Waals surface area (Å²) in [7, 11) is 0. The second-order valence-electron chi connectivity index (χ2n) is 5.37. The Hall–Kier alpha value is 0.270. The van der Waals surface area contributed by atoms with E-state index < -0.39 is 0 Å². The zero-order valence-corrected chi connectivity index (χ0v) is 11.0. The van der Waals surface area contributed by atoms with Gasteiger partial charge in [-0.2, -0.15) is 12.6 Å². The molecule has 94 valence electrons. The van der Waals surface area contributed by atoms with Gasteiger partial charge in [0.05, 0.1) is 19.3 Å². The zero-order valence-electron chi connectivity index (χ0n) is 10.1. The summed E-state index contributed by atoms with van der Waals surface area (Å²) in [5, 5.41) is 0. The van der Waals surface area contributed by atoms with Gasteiger partial charge in [0.25, 0.3) is 0 Å². The van der Waals surface area contributed by atoms with Crippen LogP contribution in [0.2, 0.25) is 0 Å². The molecular weight excluding hydrogens is 220 g/mol. The molecule has 2 rings (SSSR count). The molecule has 0 radical (unpaired) electrons. The van der Waals surface area contributed by atoms with Gasteiger partial charge in [-0.25, -0.2) is 0 Å². The minimum absolute atomic E-state index is 0.347. The molecule has 1 aliphatic carbocycles. The summed E-state index contributed by atoms with van der Waals surface area (Å²) >= 11 is 4.56. The summed E-state index contributed by atoms with van der Waals surface area (Å²) < 4.78 is 11.4. The minimum atomic E-state index is 0.347. The number of ether oxygens (including phenoxy) is 2. The van der Waals surface area contributed by atoms with Crippen LogP contribution in [0.15, 0.2) is 0 Å². The predicted molar refractivity (Wildman–Crippen MR) is 69.2 cm³/mol. The lowest BCUT2D eigenvalue weighted by Gasteiger charge is -2.31. The van der Waals surface area contributed by atoms with Crippen LogP contribution in [-0.4, -0.2) is 31.7 Å². The highest BCUT2D eigenvalue weighted by Crippen LogP contribution is 2.36. The number of hydrogen-bond donors (Lipinski definition) is 1. The van der Waals surface area contributed by atoms with Crippen molar-refractivity contribution in [3.05, 3.63) is 0 Å². The second kappa shape index (κ2) is 6.27. The summed E-state index contributed by atoms with van der Waals surface area (Å²) in [4.78, 5) is 0. The highest BCUT2D eigenvalue weighted by Gasteiger charge is 2.31. The van der Waals surface area contributed by atoms with Crippen molar-refractivity contribution in [1.29, 1.82) is 0 Å². The monoisotopic (exact) mass is 244 g/mol. The molecular formula is C13H24O2S. The van der Waals surface area contributed by atoms with Crippen molar-refractivity contribution in [3.63, 3.8) is 0 Å². The van der Waals surface area contributed by atoms with E-state index in [2.05, 4.69) is 12.6 Å². The summed E-state index contributed by atoms with van der Waals surface area (Å²) in [6.07, 6.45) is 9.50. The molecule has 0 N–H and O–H groups in total. The van der Waals surface area contributed by atoms with Gasteiger partial charge >= 0.3 is 0 Å². The molecule has 1 saturated heterocycles. The molecule has 2 nitrogen and oxygen atoms in total. The van der Waals surface area contributed by atoms with Crippen LogP contribution >= 0.6 is 12.6 Å². The molecule has 2 aliphatic rings. The predicted octanol–water partition coefficient (Wildman–Crippen LogP) is 3.06. The van der Waals surface area contributed by atoms with E-state index in [1.807, 2.05) is 0 Å². The second-order valence-corrected chi connectivity index (χ2v) is 5.69. The van der Waals surface area contributed by atoms with Crippen LogP contribution in [0.1, 0.15) is 44.9 Å². The Morgan fingerprint density at radius 2 is 1.94 bits per heavy atom. The number of hydrogen-bond acceptors (Lipinski definition) is 3. The van der Waals surface area contributed by atoms with Gasteiger partial charge < -0.3 is 9.47 Å². The Kier molecular flexibility index (Phi) is 4.98. The van der Waals surface area contributed by atoms with E-state index in [0.29, 0.717) is 11.5 Å². The third kappa shape index (κ3) is 3.38. The van der Waals surface area contributed by atoms with Crippen LogP contribution in [0.4, 0.5) is 0 Å². The van der Waals surface area contributed by atoms with E-state index in [1.54, 1.807) is 0 Å². The van der Waals surface area contributed by atoms with Crippen LogP contribution in [0, 0.1) is 5.41 Å². The van der Waals surface area contributed by atoms with Crippen molar-refractivity contribution in [2.45, 2.75) is 51.0 Å². The molecule has 1 atom stereocenters. The van der Waals surface area contributed by atoms with Crippen LogP contribution in [0.25, 0.3) is 0 Å². The molecule has 1 aliphatic heterocycles. The van der Waals surface area contributed by atoms with Gasteiger partial charge in [-0.05, 0) is 25.0 Å². The third-order valence-electron chi connectivity index (χ3n) is 4.01. The zero-order chi connectivity index (χ0) is 11.3. The van der Waals surface area contributed by atoms with Gasteiger partial charge in [0.15, 0.2) is 0 Å². The molecule has 0 aromatic heterocycles. The Morgan fingerprint density at radius 3 is 2.50 bits per heavy atom. The van der Waals surface area contributed by atoms with Gasteiger partial charge in [-0.3, -0.25) is 0 Å². The van der Waals surface area contributed by atoms with E-state index in [1.165, 1.54) is 38.5 Å². The topological polar surface area (TPSA) is 18.5 Å². The molecule has 0 aromatic rings. The van der Waals surface area contributed by atoms with Gasteiger partial charge in [-0.15, -0.1) is 0 Å². The van der Waals surface area contributed by atoms with E-state index in [4.69, 9.17) is 9.47 Å². The first-order valence-electron chi connectivity index (χ1n) is 6.65. The fourth-order valence-corrected chi connectivity index (χ4v) is 3.17. The van der Waals surface area contributed by atoms with E-state index in [0.717, 1.165) is 32.0 Å². The number of rotatable bonds is 4. The lowest BCUT2D eigenvalue weighted by molar-refractivity contribution is -0.0106. The summed E-state index contributed by atoms with van der Waals surface area (Å²) in [6.45, 7) is 2.56. The molecule has 16 heavy (non-hydrogen) atoms. The third-order valence-corrected chi connectivity index (χ3v) is 4.68. The van der Waals surface area contributed by atoms with Crippen LogP contribution < -0.4 is 0 Å². The molecule has 1 unspecified atom stereocenters. The molecule has 1 heterocycles. The highest BCUT2D eigenvalue weighted by atomic mass is 32.1. The lowest BCUT2D eigenvalue weighted by atomic mass is 9.83. The summed E-state index contributed by atoms with van der Waals surface area (Å²) in [5.41, 5.74) is 0.349. The lowest BCUT2D eigenvalue weighted by Crippen LogP contribution is -2.31. The van der Waals surface area contributed by atoms with E-state index in [-0.39, 0.29) is 0 Å². The van der Waals surface area contributed by atoms with Crippen molar-refractivity contribution in [3.8, 4) is 0 Å². The normalized spacial score (nSPS) is 30.2. The first-order valence-corrected chi connectivity index (χ1v) is 7.28. The smallest absolute Gasteiger partial charge is 0.0830 e. The Labute approximate surface area is 104 Å². The maximum absolute atomic E-state index is 6.02. The van der Waals surface area contributed by atoms with Crippen molar-refractivity contribution in [2.24, 2.45) is 5.41 Å². The van der Waals surface area contributed by atoms with E-state index >= 15 is 0 Å². The van der Waals surface area contributed by atoms with Crippen LogP contribution in [0.5, 0.6) is 0 Å². The number of thiol groups is 1. The maximum atomic E-state index is 6.02. The Balaban J connectivity index is 1.81. The molecule has 0 spiro atoms. The molecule has 1 saturated carbocycles. The largest absolute Gasteiger partial charge is 0.379 e. The fraction of sp³-hybridized carbons (Fsp3) is 1.00. The van der Waals surface area contributed by atoms with Gasteiger partial charge in [-0.1, -0.05) is 25.7 Å². The molecule has 0 bridgehead atoms. The maximum Gasteiger partial charge on any atom is 0.0830 e. The van der Waals surface area contributed by atoms with Crippen molar-refractivity contribution < 1.29 is 9.47 Å². The van der Waals surface area contributed by atoms with E-state index in [9.17, 15) is 0 Å². The Bertz CT molecular complexity index is 194. The standard InChI is InChI=1S/C13H24O2S/c16-11-13(6-3-1-2-4-7-13)10-15-12-5-8-14-9-12/h12,16H,1-11H2. The summed E-state index contributed by atoms with van der Waals surface area (Å²) in [6, 6.07) is 0. The van der Waals surface area contributed by atoms with Crippen LogP contribution in [-0.2, 0) is 9.47 Å². The van der Waals surface area contributed by atoms with Crippen molar-refractivity contribution in [2.75, 3.05) is 25.6 Å². The first kappa shape index (κ1) is 12.7. The van der Waals surface area contributed by atoms with Crippen molar-refractivity contribution >= 4 is 12.6 Å². The molecule has 3 heteroatoms. The highest BCUT2D eigenvalue weighted by molar-refractivity contribution is 7.80. The first-order chi connectivity index (χ1) is 7.85. The minimum Gasteiger partial charge on any atom is -0.379 e. The van der Waals surface area contributed by atoms with Crippen molar-refractivity contribution in [1.82, 2.24) is 0 Å². The molecule has 0 amide bonds. The van der Waals surface area contributed by atoms with Gasteiger partial charge in [0, 0.05) is 12.0 Å². The van der Waals surface area contributed by atoms with Gasteiger partial charge in [0.2, 0.25) is 0 Å². The average Bonchev–Trinajstić information content (AvgIpc) is 2.72. The average molecular weight is 244 g/mol. The SMILES string of the molecule is SCC1(COC2CCOC2)CCCCCC1. The Morgan fingerprint density at radius 1 is 1.19 bits per heavy atom. The molecule has 2 fully saturated rings.